The topological polar surface area (TPSA) is 51.6 Å². The van der Waals surface area contributed by atoms with Gasteiger partial charge in [-0.25, -0.2) is 0 Å². The van der Waals surface area contributed by atoms with Gasteiger partial charge in [-0.15, -0.1) is 0 Å². The van der Waals surface area contributed by atoms with Crippen molar-refractivity contribution in [2.24, 2.45) is 5.92 Å². The van der Waals surface area contributed by atoms with Gasteiger partial charge in [-0.3, -0.25) is 0 Å². The zero-order chi connectivity index (χ0) is 13.2. The predicted octanol–water partition coefficient (Wildman–Crippen LogP) is 3.14. The molecule has 0 radical (unpaired) electrons. The number of piperidine rings is 1. The van der Waals surface area contributed by atoms with Crippen LogP contribution in [0, 0.1) is 17.2 Å². The van der Waals surface area contributed by atoms with E-state index < -0.39 is 0 Å². The summed E-state index contributed by atoms with van der Waals surface area (Å²) < 4.78 is 0. The first-order chi connectivity index (χ1) is 9.33. The Labute approximate surface area is 113 Å². The lowest BCUT2D eigenvalue weighted by Gasteiger charge is -2.31. The van der Waals surface area contributed by atoms with Gasteiger partial charge in [-0.05, 0) is 49.0 Å². The van der Waals surface area contributed by atoms with Crippen LogP contribution in [0.15, 0.2) is 24.4 Å². The highest BCUT2D eigenvalue weighted by molar-refractivity contribution is 5.85. The summed E-state index contributed by atoms with van der Waals surface area (Å²) in [6, 6.07) is 8.15. The molecule has 3 rings (SSSR count). The zero-order valence-electron chi connectivity index (χ0n) is 11.2. The van der Waals surface area contributed by atoms with Crippen LogP contribution in [0.1, 0.15) is 36.8 Å². The third kappa shape index (κ3) is 2.13. The van der Waals surface area contributed by atoms with Gasteiger partial charge in [0.15, 0.2) is 0 Å². The molecule has 0 saturated carbocycles. The molecule has 1 aromatic heterocycles. The third-order valence-electron chi connectivity index (χ3n) is 4.37. The molecule has 2 N–H and O–H groups in total. The van der Waals surface area contributed by atoms with E-state index in [1.165, 1.54) is 23.8 Å². The molecule has 3 nitrogen and oxygen atoms in total. The number of hydrogen-bond acceptors (Lipinski definition) is 2. The van der Waals surface area contributed by atoms with Crippen molar-refractivity contribution in [3.05, 3.63) is 35.5 Å². The molecule has 0 bridgehead atoms. The second-order valence-corrected chi connectivity index (χ2v) is 5.38. The van der Waals surface area contributed by atoms with Crippen molar-refractivity contribution in [1.29, 1.82) is 5.26 Å². The number of benzene rings is 1. The zero-order valence-corrected chi connectivity index (χ0v) is 11.2. The van der Waals surface area contributed by atoms with Gasteiger partial charge in [0.05, 0.1) is 11.6 Å². The van der Waals surface area contributed by atoms with E-state index in [-0.39, 0.29) is 0 Å². The number of rotatable bonds is 2. The maximum atomic E-state index is 8.96. The Morgan fingerprint density at radius 2 is 2.32 bits per heavy atom. The standard InChI is InChI=1S/C16H19N3/c1-2-12-9-18-6-5-13(12)15-10-19-16-7-11(8-17)3-4-14(15)16/h3-4,7,10,12-13,18-19H,2,5-6,9H2,1H3. The number of aromatic amines is 1. The van der Waals surface area contributed by atoms with Gasteiger partial charge in [0.2, 0.25) is 0 Å². The molecule has 0 aliphatic carbocycles. The minimum Gasteiger partial charge on any atom is -0.361 e. The van der Waals surface area contributed by atoms with Gasteiger partial charge in [0.1, 0.15) is 0 Å². The van der Waals surface area contributed by atoms with Crippen molar-refractivity contribution in [2.45, 2.75) is 25.7 Å². The number of nitriles is 1. The number of hydrogen-bond donors (Lipinski definition) is 2. The fourth-order valence-corrected chi connectivity index (χ4v) is 3.29. The molecule has 2 unspecified atom stereocenters. The average molecular weight is 253 g/mol. The van der Waals surface area contributed by atoms with Crippen LogP contribution in [0.2, 0.25) is 0 Å². The van der Waals surface area contributed by atoms with E-state index in [1.807, 2.05) is 12.1 Å². The lowest BCUT2D eigenvalue weighted by atomic mass is 9.80. The average Bonchev–Trinajstić information content (AvgIpc) is 2.89. The minimum atomic E-state index is 0.632. The number of fused-ring (bicyclic) bond motifs is 1. The van der Waals surface area contributed by atoms with Crippen molar-refractivity contribution < 1.29 is 0 Å². The van der Waals surface area contributed by atoms with Crippen molar-refractivity contribution in [3.8, 4) is 6.07 Å². The second-order valence-electron chi connectivity index (χ2n) is 5.38. The van der Waals surface area contributed by atoms with Crippen molar-refractivity contribution in [3.63, 3.8) is 0 Å². The second kappa shape index (κ2) is 5.07. The molecule has 3 heteroatoms. The molecule has 2 heterocycles. The Hall–Kier alpha value is -1.79. The van der Waals surface area contributed by atoms with Gasteiger partial charge in [0, 0.05) is 17.1 Å². The maximum absolute atomic E-state index is 8.96. The first-order valence-corrected chi connectivity index (χ1v) is 7.05. The molecular formula is C16H19N3. The van der Waals surface area contributed by atoms with Crippen LogP contribution in [0.5, 0.6) is 0 Å². The number of nitrogens with one attached hydrogen (secondary N) is 2. The van der Waals surface area contributed by atoms with Crippen LogP contribution in [0.3, 0.4) is 0 Å². The van der Waals surface area contributed by atoms with Crippen molar-refractivity contribution in [1.82, 2.24) is 10.3 Å². The molecular weight excluding hydrogens is 234 g/mol. The minimum absolute atomic E-state index is 0.632. The molecule has 1 saturated heterocycles. The van der Waals surface area contributed by atoms with E-state index in [1.54, 1.807) is 0 Å². The molecule has 2 atom stereocenters. The molecule has 0 spiro atoms. The first-order valence-electron chi connectivity index (χ1n) is 7.05. The largest absolute Gasteiger partial charge is 0.361 e. The lowest BCUT2D eigenvalue weighted by molar-refractivity contribution is 0.319. The highest BCUT2D eigenvalue weighted by Crippen LogP contribution is 2.36. The van der Waals surface area contributed by atoms with E-state index >= 15 is 0 Å². The molecule has 98 valence electrons. The Balaban J connectivity index is 2.02. The summed E-state index contributed by atoms with van der Waals surface area (Å²) in [5.74, 6) is 1.34. The number of aromatic nitrogens is 1. The fraction of sp³-hybridized carbons (Fsp3) is 0.438. The molecule has 2 aromatic rings. The molecule has 19 heavy (non-hydrogen) atoms. The van der Waals surface area contributed by atoms with E-state index in [0.717, 1.165) is 24.2 Å². The summed E-state index contributed by atoms with van der Waals surface area (Å²) >= 11 is 0. The summed E-state index contributed by atoms with van der Waals surface area (Å²) in [7, 11) is 0. The third-order valence-corrected chi connectivity index (χ3v) is 4.37. The van der Waals surface area contributed by atoms with E-state index in [0.29, 0.717) is 11.8 Å². The molecule has 1 aliphatic heterocycles. The number of H-pyrrole nitrogens is 1. The van der Waals surface area contributed by atoms with Crippen molar-refractivity contribution >= 4 is 10.9 Å². The van der Waals surface area contributed by atoms with E-state index in [9.17, 15) is 0 Å². The lowest BCUT2D eigenvalue weighted by Crippen LogP contribution is -2.34. The highest BCUT2D eigenvalue weighted by atomic mass is 14.9. The summed E-state index contributed by atoms with van der Waals surface area (Å²) in [6.07, 6.45) is 4.55. The van der Waals surface area contributed by atoms with Gasteiger partial charge >= 0.3 is 0 Å². The van der Waals surface area contributed by atoms with Gasteiger partial charge < -0.3 is 10.3 Å². The fourth-order valence-electron chi connectivity index (χ4n) is 3.29. The van der Waals surface area contributed by atoms with Gasteiger partial charge in [0.25, 0.3) is 0 Å². The van der Waals surface area contributed by atoms with E-state index in [4.69, 9.17) is 5.26 Å². The summed E-state index contributed by atoms with van der Waals surface area (Å²) in [5, 5.41) is 13.7. The van der Waals surface area contributed by atoms with Gasteiger partial charge in [-0.2, -0.15) is 5.26 Å². The van der Waals surface area contributed by atoms with Gasteiger partial charge in [-0.1, -0.05) is 19.4 Å². The molecule has 1 aliphatic rings. The van der Waals surface area contributed by atoms with Crippen LogP contribution >= 0.6 is 0 Å². The summed E-state index contributed by atoms with van der Waals surface area (Å²) in [5.41, 5.74) is 3.23. The first kappa shape index (κ1) is 12.3. The monoisotopic (exact) mass is 253 g/mol. The summed E-state index contributed by atoms with van der Waals surface area (Å²) in [4.78, 5) is 3.33. The van der Waals surface area contributed by atoms with Crippen LogP contribution in [0.25, 0.3) is 10.9 Å². The highest BCUT2D eigenvalue weighted by Gasteiger charge is 2.26. The van der Waals surface area contributed by atoms with Crippen molar-refractivity contribution in [2.75, 3.05) is 13.1 Å². The molecule has 0 amide bonds. The van der Waals surface area contributed by atoms with E-state index in [2.05, 4.69) is 35.6 Å². The normalized spacial score (nSPS) is 23.4. The van der Waals surface area contributed by atoms with Crippen LogP contribution in [-0.4, -0.2) is 18.1 Å². The molecule has 1 fully saturated rings. The smallest absolute Gasteiger partial charge is 0.0992 e. The Bertz CT molecular complexity index is 620. The SMILES string of the molecule is CCC1CNCCC1c1c[nH]c2cc(C#N)ccc12. The number of nitrogens with zero attached hydrogens (tertiary/aromatic N) is 1. The summed E-state index contributed by atoms with van der Waals surface area (Å²) in [6.45, 7) is 4.49. The maximum Gasteiger partial charge on any atom is 0.0992 e. The van der Waals surface area contributed by atoms with Crippen LogP contribution in [0.4, 0.5) is 0 Å². The Kier molecular flexibility index (Phi) is 3.27. The quantitative estimate of drug-likeness (QED) is 0.864. The Morgan fingerprint density at radius 1 is 1.42 bits per heavy atom. The van der Waals surface area contributed by atoms with Crippen LogP contribution < -0.4 is 5.32 Å². The van der Waals surface area contributed by atoms with Crippen LogP contribution in [-0.2, 0) is 0 Å². The Morgan fingerprint density at radius 3 is 3.11 bits per heavy atom. The molecule has 1 aromatic carbocycles. The predicted molar refractivity (Wildman–Crippen MR) is 77.0 cm³/mol.